The lowest BCUT2D eigenvalue weighted by Crippen LogP contribution is -2.22. The summed E-state index contributed by atoms with van der Waals surface area (Å²) in [7, 11) is 0. The average Bonchev–Trinajstić information content (AvgIpc) is 2.77. The second-order valence-electron chi connectivity index (χ2n) is 6.78. The average molecular weight is 546 g/mol. The molecular weight excluding hydrogens is 529 g/mol. The zero-order valence-electron chi connectivity index (χ0n) is 16.4. The van der Waals surface area contributed by atoms with Gasteiger partial charge >= 0.3 is 0 Å². The predicted octanol–water partition coefficient (Wildman–Crippen LogP) is 5.37. The molecule has 0 atom stereocenters. The number of halogens is 2. The molecule has 156 valence electrons. The summed E-state index contributed by atoms with van der Waals surface area (Å²) in [5.41, 5.74) is 3.26. The third-order valence-electron chi connectivity index (χ3n) is 4.63. The van der Waals surface area contributed by atoms with Crippen LogP contribution in [0.1, 0.15) is 21.6 Å². The molecule has 4 aromatic rings. The van der Waals surface area contributed by atoms with Crippen LogP contribution in [0.2, 0.25) is 5.02 Å². The Balaban J connectivity index is 1.90. The molecule has 0 fully saturated rings. The van der Waals surface area contributed by atoms with Gasteiger partial charge in [0.25, 0.3) is 5.91 Å². The molecular formula is C23H17ClIN3O3. The number of anilines is 1. The number of carbonyl (C=O) groups excluding carboxylic acids is 1. The molecule has 4 rings (SSSR count). The standard InChI is InChI=1S/C23H17ClIN3O3/c1-13-21-19(14(12-29)11-26-13)10-20(22(30)27-17-8-4-16(25)5-9-17)23(31-21)28-18-6-2-15(24)3-7-18/h2-11,29H,12H2,1H3,(H,27,30). The lowest BCUT2D eigenvalue weighted by Gasteiger charge is -2.10. The van der Waals surface area contributed by atoms with E-state index in [0.29, 0.717) is 38.6 Å². The molecule has 0 radical (unpaired) electrons. The Morgan fingerprint density at radius 2 is 1.90 bits per heavy atom. The van der Waals surface area contributed by atoms with E-state index in [1.165, 1.54) is 0 Å². The predicted molar refractivity (Wildman–Crippen MR) is 128 cm³/mol. The van der Waals surface area contributed by atoms with Gasteiger partial charge in [0.1, 0.15) is 5.56 Å². The SMILES string of the molecule is Cc1ncc(CO)c2cc(C(=O)Nc3ccc(I)cc3)c(=Nc3ccc(Cl)cc3)oc12. The van der Waals surface area contributed by atoms with Crippen LogP contribution in [0.3, 0.4) is 0 Å². The zero-order chi connectivity index (χ0) is 22.0. The highest BCUT2D eigenvalue weighted by Crippen LogP contribution is 2.22. The molecule has 2 aromatic carbocycles. The number of nitrogens with one attached hydrogen (secondary N) is 1. The van der Waals surface area contributed by atoms with Gasteiger partial charge in [0.15, 0.2) is 5.58 Å². The quantitative estimate of drug-likeness (QED) is 0.338. The van der Waals surface area contributed by atoms with Gasteiger partial charge in [0.05, 0.1) is 18.0 Å². The molecule has 2 N–H and O–H groups in total. The molecule has 0 aliphatic heterocycles. The minimum absolute atomic E-state index is 0.137. The van der Waals surface area contributed by atoms with Crippen molar-refractivity contribution < 1.29 is 14.3 Å². The Morgan fingerprint density at radius 1 is 1.19 bits per heavy atom. The van der Waals surface area contributed by atoms with Gasteiger partial charge in [0, 0.05) is 31.4 Å². The third-order valence-corrected chi connectivity index (χ3v) is 5.60. The number of nitrogens with zero attached hydrogens (tertiary/aromatic N) is 2. The number of aryl methyl sites for hydroxylation is 1. The number of aliphatic hydroxyl groups excluding tert-OH is 1. The van der Waals surface area contributed by atoms with Crippen molar-refractivity contribution in [3.63, 3.8) is 0 Å². The van der Waals surface area contributed by atoms with Crippen molar-refractivity contribution in [1.82, 2.24) is 4.98 Å². The van der Waals surface area contributed by atoms with Crippen molar-refractivity contribution in [1.29, 1.82) is 0 Å². The number of hydrogen-bond acceptors (Lipinski definition) is 5. The van der Waals surface area contributed by atoms with Crippen molar-refractivity contribution in [2.75, 3.05) is 5.32 Å². The summed E-state index contributed by atoms with van der Waals surface area (Å²) in [6.45, 7) is 1.57. The van der Waals surface area contributed by atoms with E-state index in [-0.39, 0.29) is 23.6 Å². The van der Waals surface area contributed by atoms with Crippen LogP contribution in [0.15, 0.2) is 70.2 Å². The maximum atomic E-state index is 13.2. The van der Waals surface area contributed by atoms with E-state index in [2.05, 4.69) is 37.9 Å². The van der Waals surface area contributed by atoms with Crippen LogP contribution in [0, 0.1) is 10.5 Å². The molecule has 6 nitrogen and oxygen atoms in total. The Labute approximate surface area is 196 Å². The van der Waals surface area contributed by atoms with Crippen LogP contribution in [-0.2, 0) is 6.61 Å². The first-order chi connectivity index (χ1) is 14.9. The van der Waals surface area contributed by atoms with Crippen LogP contribution in [-0.4, -0.2) is 16.0 Å². The molecule has 31 heavy (non-hydrogen) atoms. The summed E-state index contributed by atoms with van der Waals surface area (Å²) in [5.74, 6) is -0.377. The molecule has 8 heteroatoms. The number of hydrogen-bond donors (Lipinski definition) is 2. The van der Waals surface area contributed by atoms with E-state index >= 15 is 0 Å². The van der Waals surface area contributed by atoms with Crippen molar-refractivity contribution in [3.05, 3.63) is 91.8 Å². The van der Waals surface area contributed by atoms with Crippen molar-refractivity contribution in [2.45, 2.75) is 13.5 Å². The van der Waals surface area contributed by atoms with Crippen LogP contribution in [0.5, 0.6) is 0 Å². The lowest BCUT2D eigenvalue weighted by molar-refractivity contribution is 0.102. The van der Waals surface area contributed by atoms with Crippen molar-refractivity contribution in [3.8, 4) is 0 Å². The maximum absolute atomic E-state index is 13.2. The summed E-state index contributed by atoms with van der Waals surface area (Å²) >= 11 is 8.17. The normalized spacial score (nSPS) is 11.7. The highest BCUT2D eigenvalue weighted by Gasteiger charge is 2.16. The topological polar surface area (TPSA) is 87.7 Å². The minimum Gasteiger partial charge on any atom is -0.436 e. The summed E-state index contributed by atoms with van der Waals surface area (Å²) in [6, 6.07) is 16.0. The Kier molecular flexibility index (Phi) is 6.35. The van der Waals surface area contributed by atoms with E-state index in [9.17, 15) is 9.90 Å². The fourth-order valence-electron chi connectivity index (χ4n) is 3.02. The van der Waals surface area contributed by atoms with E-state index in [4.69, 9.17) is 16.0 Å². The summed E-state index contributed by atoms with van der Waals surface area (Å²) in [4.78, 5) is 22.0. The monoisotopic (exact) mass is 545 g/mol. The molecule has 0 spiro atoms. The van der Waals surface area contributed by atoms with E-state index in [0.717, 1.165) is 3.57 Å². The van der Waals surface area contributed by atoms with Gasteiger partial charge in [-0.3, -0.25) is 9.78 Å². The first-order valence-electron chi connectivity index (χ1n) is 9.35. The second kappa shape index (κ2) is 9.17. The molecule has 0 aliphatic rings. The number of amides is 1. The maximum Gasteiger partial charge on any atom is 0.261 e. The number of carbonyl (C=O) groups is 1. The van der Waals surface area contributed by atoms with Crippen LogP contribution < -0.4 is 10.9 Å². The molecule has 2 heterocycles. The van der Waals surface area contributed by atoms with E-state index in [1.54, 1.807) is 43.5 Å². The third kappa shape index (κ3) is 4.79. The molecule has 0 saturated heterocycles. The summed E-state index contributed by atoms with van der Waals surface area (Å²) in [5, 5.41) is 13.8. The van der Waals surface area contributed by atoms with Gasteiger partial charge in [0.2, 0.25) is 5.55 Å². The number of aliphatic hydroxyl groups is 1. The van der Waals surface area contributed by atoms with E-state index in [1.807, 2.05) is 24.3 Å². The van der Waals surface area contributed by atoms with Gasteiger partial charge in [-0.2, -0.15) is 0 Å². The molecule has 0 unspecified atom stereocenters. The Hall–Kier alpha value is -2.75. The number of fused-ring (bicyclic) bond motifs is 1. The Bertz CT molecular complexity index is 1330. The molecule has 0 bridgehead atoms. The van der Waals surface area contributed by atoms with E-state index < -0.39 is 0 Å². The van der Waals surface area contributed by atoms with Gasteiger partial charge in [-0.1, -0.05) is 11.6 Å². The zero-order valence-corrected chi connectivity index (χ0v) is 19.3. The molecule has 0 saturated carbocycles. The highest BCUT2D eigenvalue weighted by molar-refractivity contribution is 14.1. The molecule has 2 aromatic heterocycles. The summed E-state index contributed by atoms with van der Waals surface area (Å²) in [6.07, 6.45) is 1.57. The first-order valence-corrected chi connectivity index (χ1v) is 10.8. The second-order valence-corrected chi connectivity index (χ2v) is 8.47. The number of rotatable bonds is 4. The number of aromatic nitrogens is 1. The van der Waals surface area contributed by atoms with Crippen LogP contribution in [0.4, 0.5) is 11.4 Å². The van der Waals surface area contributed by atoms with Crippen molar-refractivity contribution in [2.24, 2.45) is 4.99 Å². The lowest BCUT2D eigenvalue weighted by atomic mass is 10.1. The van der Waals surface area contributed by atoms with Gasteiger partial charge in [-0.05, 0) is 84.1 Å². The van der Waals surface area contributed by atoms with Crippen LogP contribution in [0.25, 0.3) is 11.0 Å². The van der Waals surface area contributed by atoms with Gasteiger partial charge in [-0.15, -0.1) is 0 Å². The van der Waals surface area contributed by atoms with Crippen molar-refractivity contribution >= 4 is 62.4 Å². The fraction of sp³-hybridized carbons (Fsp3) is 0.0870. The summed E-state index contributed by atoms with van der Waals surface area (Å²) < 4.78 is 7.10. The van der Waals surface area contributed by atoms with Gasteiger partial charge in [-0.25, -0.2) is 4.99 Å². The van der Waals surface area contributed by atoms with Gasteiger partial charge < -0.3 is 14.8 Å². The van der Waals surface area contributed by atoms with Crippen LogP contribution >= 0.6 is 34.2 Å². The molecule has 0 aliphatic carbocycles. The minimum atomic E-state index is -0.377. The smallest absolute Gasteiger partial charge is 0.261 e. The largest absolute Gasteiger partial charge is 0.436 e. The number of benzene rings is 2. The molecule has 1 amide bonds. The number of pyridine rings is 1. The fourth-order valence-corrected chi connectivity index (χ4v) is 3.51. The Morgan fingerprint density at radius 3 is 2.58 bits per heavy atom. The first kappa shape index (κ1) is 21.5. The highest BCUT2D eigenvalue weighted by atomic mass is 127.